The van der Waals surface area contributed by atoms with Gasteiger partial charge in [-0.2, -0.15) is 0 Å². The summed E-state index contributed by atoms with van der Waals surface area (Å²) >= 11 is 0. The van der Waals surface area contributed by atoms with Crippen LogP contribution >= 0.6 is 0 Å². The zero-order chi connectivity index (χ0) is 13.7. The van der Waals surface area contributed by atoms with E-state index in [0.717, 1.165) is 5.56 Å². The van der Waals surface area contributed by atoms with Gasteiger partial charge in [-0.25, -0.2) is 4.39 Å². The second-order valence-electron chi connectivity index (χ2n) is 4.21. The number of halogens is 1. The van der Waals surface area contributed by atoms with Crippen molar-refractivity contribution in [1.82, 2.24) is 0 Å². The number of aromatic hydroxyl groups is 1. The standard InChI is InChI=1S/C15H15FO3/c16-13-7-5-11(6-8-13)12(9-17)10-19-15-4-2-1-3-14(15)18/h1-8,12,17-18H,9-10H2. The van der Waals surface area contributed by atoms with Crippen molar-refractivity contribution in [1.29, 1.82) is 0 Å². The average Bonchev–Trinajstić information content (AvgIpc) is 2.43. The maximum Gasteiger partial charge on any atom is 0.160 e. The molecule has 0 aromatic heterocycles. The Labute approximate surface area is 110 Å². The van der Waals surface area contributed by atoms with Crippen LogP contribution in [0.3, 0.4) is 0 Å². The Morgan fingerprint density at radius 3 is 2.37 bits per heavy atom. The van der Waals surface area contributed by atoms with E-state index in [1.807, 2.05) is 0 Å². The number of para-hydroxylation sites is 2. The van der Waals surface area contributed by atoms with Gasteiger partial charge < -0.3 is 14.9 Å². The highest BCUT2D eigenvalue weighted by Gasteiger charge is 2.12. The SMILES string of the molecule is OCC(COc1ccccc1O)c1ccc(F)cc1. The topological polar surface area (TPSA) is 49.7 Å². The maximum absolute atomic E-state index is 12.8. The van der Waals surface area contributed by atoms with Crippen molar-refractivity contribution in [2.24, 2.45) is 0 Å². The largest absolute Gasteiger partial charge is 0.504 e. The summed E-state index contributed by atoms with van der Waals surface area (Å²) in [6.07, 6.45) is 0. The molecule has 0 aliphatic carbocycles. The highest BCUT2D eigenvalue weighted by molar-refractivity contribution is 5.38. The molecule has 0 heterocycles. The first-order valence-electron chi connectivity index (χ1n) is 5.98. The fourth-order valence-electron chi connectivity index (χ4n) is 1.76. The van der Waals surface area contributed by atoms with E-state index in [1.54, 1.807) is 30.3 Å². The third-order valence-electron chi connectivity index (χ3n) is 2.87. The van der Waals surface area contributed by atoms with Crippen molar-refractivity contribution in [3.63, 3.8) is 0 Å². The summed E-state index contributed by atoms with van der Waals surface area (Å²) < 4.78 is 18.3. The van der Waals surface area contributed by atoms with Gasteiger partial charge in [0.2, 0.25) is 0 Å². The summed E-state index contributed by atoms with van der Waals surface area (Å²) in [6.45, 7) is 0.0962. The van der Waals surface area contributed by atoms with Crippen molar-refractivity contribution in [2.75, 3.05) is 13.2 Å². The van der Waals surface area contributed by atoms with Gasteiger partial charge in [-0.1, -0.05) is 24.3 Å². The molecule has 2 N–H and O–H groups in total. The van der Waals surface area contributed by atoms with Gasteiger partial charge in [0.25, 0.3) is 0 Å². The van der Waals surface area contributed by atoms with Crippen LogP contribution in [0.2, 0.25) is 0 Å². The van der Waals surface area contributed by atoms with Crippen molar-refractivity contribution in [3.05, 3.63) is 59.9 Å². The van der Waals surface area contributed by atoms with Gasteiger partial charge in [0, 0.05) is 5.92 Å². The monoisotopic (exact) mass is 262 g/mol. The molecule has 4 heteroatoms. The minimum absolute atomic E-state index is 0.0540. The first-order chi connectivity index (χ1) is 9.20. The number of aliphatic hydroxyl groups excluding tert-OH is 1. The van der Waals surface area contributed by atoms with Gasteiger partial charge in [0.1, 0.15) is 5.82 Å². The Bertz CT molecular complexity index is 525. The van der Waals surface area contributed by atoms with E-state index in [0.29, 0.717) is 5.75 Å². The lowest BCUT2D eigenvalue weighted by atomic mass is 10.0. The lowest BCUT2D eigenvalue weighted by molar-refractivity contribution is 0.201. The Balaban J connectivity index is 2.04. The smallest absolute Gasteiger partial charge is 0.160 e. The maximum atomic E-state index is 12.8. The van der Waals surface area contributed by atoms with Crippen LogP contribution in [-0.2, 0) is 0 Å². The summed E-state index contributed by atoms with van der Waals surface area (Å²) in [7, 11) is 0. The minimum Gasteiger partial charge on any atom is -0.504 e. The predicted octanol–water partition coefficient (Wildman–Crippen LogP) is 2.69. The molecule has 0 saturated carbocycles. The van der Waals surface area contributed by atoms with Crippen molar-refractivity contribution >= 4 is 0 Å². The van der Waals surface area contributed by atoms with E-state index in [9.17, 15) is 14.6 Å². The molecule has 3 nitrogen and oxygen atoms in total. The molecular formula is C15H15FO3. The van der Waals surface area contributed by atoms with Crippen LogP contribution in [0.25, 0.3) is 0 Å². The quantitative estimate of drug-likeness (QED) is 0.871. The summed E-state index contributed by atoms with van der Waals surface area (Å²) in [6, 6.07) is 12.5. The number of aliphatic hydroxyl groups is 1. The normalized spacial score (nSPS) is 12.1. The highest BCUT2D eigenvalue weighted by atomic mass is 19.1. The number of hydrogen-bond acceptors (Lipinski definition) is 3. The van der Waals surface area contributed by atoms with Crippen LogP contribution < -0.4 is 4.74 Å². The molecular weight excluding hydrogens is 247 g/mol. The molecule has 19 heavy (non-hydrogen) atoms. The van der Waals surface area contributed by atoms with Gasteiger partial charge in [0.05, 0.1) is 13.2 Å². The van der Waals surface area contributed by atoms with Gasteiger partial charge in [0.15, 0.2) is 11.5 Å². The molecule has 0 saturated heterocycles. The molecule has 2 aromatic rings. The number of phenols is 1. The van der Waals surface area contributed by atoms with Crippen molar-refractivity contribution in [3.8, 4) is 11.5 Å². The van der Waals surface area contributed by atoms with Crippen molar-refractivity contribution in [2.45, 2.75) is 5.92 Å². The summed E-state index contributed by atoms with van der Waals surface area (Å²) in [4.78, 5) is 0. The molecule has 0 bridgehead atoms. The number of rotatable bonds is 5. The Morgan fingerprint density at radius 1 is 1.05 bits per heavy atom. The second-order valence-corrected chi connectivity index (χ2v) is 4.21. The zero-order valence-electron chi connectivity index (χ0n) is 10.3. The zero-order valence-corrected chi connectivity index (χ0v) is 10.3. The van der Waals surface area contributed by atoms with Gasteiger partial charge in [-0.15, -0.1) is 0 Å². The first-order valence-corrected chi connectivity index (χ1v) is 5.98. The molecule has 0 amide bonds. The Morgan fingerprint density at radius 2 is 1.74 bits per heavy atom. The van der Waals surface area contributed by atoms with Crippen LogP contribution in [0.5, 0.6) is 11.5 Å². The molecule has 0 spiro atoms. The Kier molecular flexibility index (Phi) is 4.36. The van der Waals surface area contributed by atoms with Gasteiger partial charge in [-0.3, -0.25) is 0 Å². The number of phenolic OH excluding ortho intramolecular Hbond substituents is 1. The number of hydrogen-bond donors (Lipinski definition) is 2. The lowest BCUT2D eigenvalue weighted by Gasteiger charge is -2.16. The van der Waals surface area contributed by atoms with E-state index in [4.69, 9.17) is 4.74 Å². The third kappa shape index (κ3) is 3.45. The summed E-state index contributed by atoms with van der Waals surface area (Å²) in [5.74, 6) is -0.163. The Hall–Kier alpha value is -2.07. The van der Waals surface area contributed by atoms with E-state index in [2.05, 4.69) is 0 Å². The average molecular weight is 262 g/mol. The highest BCUT2D eigenvalue weighted by Crippen LogP contribution is 2.26. The summed E-state index contributed by atoms with van der Waals surface area (Å²) in [5.41, 5.74) is 0.791. The van der Waals surface area contributed by atoms with E-state index < -0.39 is 0 Å². The summed E-state index contributed by atoms with van der Waals surface area (Å²) in [5, 5.41) is 18.9. The lowest BCUT2D eigenvalue weighted by Crippen LogP contribution is -2.14. The molecule has 1 atom stereocenters. The molecule has 1 unspecified atom stereocenters. The first kappa shape index (κ1) is 13.4. The van der Waals surface area contributed by atoms with Crippen LogP contribution in [0.1, 0.15) is 11.5 Å². The molecule has 0 radical (unpaired) electrons. The molecule has 2 aromatic carbocycles. The van der Waals surface area contributed by atoms with E-state index >= 15 is 0 Å². The molecule has 0 fully saturated rings. The van der Waals surface area contributed by atoms with E-state index in [1.165, 1.54) is 18.2 Å². The second kappa shape index (κ2) is 6.20. The van der Waals surface area contributed by atoms with Gasteiger partial charge >= 0.3 is 0 Å². The molecule has 100 valence electrons. The van der Waals surface area contributed by atoms with Crippen LogP contribution in [0.15, 0.2) is 48.5 Å². The third-order valence-corrected chi connectivity index (χ3v) is 2.87. The van der Waals surface area contributed by atoms with Crippen molar-refractivity contribution < 1.29 is 19.3 Å². The minimum atomic E-state index is -0.318. The molecule has 2 rings (SSSR count). The van der Waals surface area contributed by atoms with Crippen LogP contribution in [-0.4, -0.2) is 23.4 Å². The van der Waals surface area contributed by atoms with Crippen LogP contribution in [0.4, 0.5) is 4.39 Å². The van der Waals surface area contributed by atoms with Crippen LogP contribution in [0, 0.1) is 5.82 Å². The molecule has 0 aliphatic rings. The molecule has 0 aliphatic heterocycles. The predicted molar refractivity (Wildman–Crippen MR) is 69.8 cm³/mol. The fourth-order valence-corrected chi connectivity index (χ4v) is 1.76. The number of benzene rings is 2. The van der Waals surface area contributed by atoms with Gasteiger partial charge in [-0.05, 0) is 29.8 Å². The number of ether oxygens (including phenoxy) is 1. The fraction of sp³-hybridized carbons (Fsp3) is 0.200. The van der Waals surface area contributed by atoms with E-state index in [-0.39, 0.29) is 30.7 Å².